The molecule has 4 rings (SSSR count). The van der Waals surface area contributed by atoms with Crippen LogP contribution < -0.4 is 11.1 Å². The van der Waals surface area contributed by atoms with E-state index < -0.39 is 11.5 Å². The monoisotopic (exact) mass is 479 g/mol. The first-order valence-electron chi connectivity index (χ1n) is 11.7. The molecule has 3 N–H and O–H groups in total. The summed E-state index contributed by atoms with van der Waals surface area (Å²) in [5, 5.41) is 2.80. The number of halogens is 1. The van der Waals surface area contributed by atoms with Crippen LogP contribution in [0, 0.1) is 5.41 Å². The van der Waals surface area contributed by atoms with E-state index in [1.807, 2.05) is 25.7 Å². The highest BCUT2D eigenvalue weighted by molar-refractivity contribution is 5.95. The molecule has 2 amide bonds. The minimum Gasteiger partial charge on any atom is -0.354 e. The summed E-state index contributed by atoms with van der Waals surface area (Å²) in [6.07, 6.45) is 5.99. The minimum absolute atomic E-state index is 0. The van der Waals surface area contributed by atoms with Gasteiger partial charge in [0.25, 0.3) is 0 Å². The van der Waals surface area contributed by atoms with E-state index in [1.54, 1.807) is 0 Å². The van der Waals surface area contributed by atoms with Gasteiger partial charge in [0, 0.05) is 25.0 Å². The van der Waals surface area contributed by atoms with Crippen LogP contribution in [0.2, 0.25) is 0 Å². The Kier molecular flexibility index (Phi) is 8.01. The first kappa shape index (κ1) is 25.7. The quantitative estimate of drug-likeness (QED) is 0.580. The molecule has 0 spiro atoms. The third-order valence-electron chi connectivity index (χ3n) is 6.42. The van der Waals surface area contributed by atoms with Crippen molar-refractivity contribution < 1.29 is 9.59 Å². The zero-order valence-corrected chi connectivity index (χ0v) is 21.0. The van der Waals surface area contributed by atoms with E-state index in [4.69, 9.17) is 5.73 Å². The minimum atomic E-state index is -0.728. The van der Waals surface area contributed by atoms with Gasteiger partial charge in [0.15, 0.2) is 0 Å². The maximum atomic E-state index is 12.9. The molecule has 0 bridgehead atoms. The summed E-state index contributed by atoms with van der Waals surface area (Å²) in [5.41, 5.74) is 13.2. The number of likely N-dealkylation sites (tertiary alicyclic amines) is 1. The fourth-order valence-corrected chi connectivity index (χ4v) is 4.48. The smallest absolute Gasteiger partial charge is 0.241 e. The van der Waals surface area contributed by atoms with Gasteiger partial charge in [0.2, 0.25) is 11.8 Å². The summed E-state index contributed by atoms with van der Waals surface area (Å²) < 4.78 is 0. The number of benzene rings is 2. The summed E-state index contributed by atoms with van der Waals surface area (Å²) in [6, 6.07) is 16.3. The van der Waals surface area contributed by atoms with Gasteiger partial charge in [-0.1, -0.05) is 87.0 Å². The molecule has 2 aromatic rings. The molecule has 0 saturated carbocycles. The molecule has 1 aliphatic carbocycles. The number of nitrogens with two attached hydrogens (primary N) is 1. The summed E-state index contributed by atoms with van der Waals surface area (Å²) in [5.74, 6) is -0.202. The third-order valence-corrected chi connectivity index (χ3v) is 6.42. The Morgan fingerprint density at radius 1 is 0.941 bits per heavy atom. The Morgan fingerprint density at radius 2 is 1.44 bits per heavy atom. The first-order valence-corrected chi connectivity index (χ1v) is 11.7. The van der Waals surface area contributed by atoms with Gasteiger partial charge in [-0.3, -0.25) is 9.59 Å². The van der Waals surface area contributed by atoms with Gasteiger partial charge in [-0.05, 0) is 40.7 Å². The van der Waals surface area contributed by atoms with Crippen LogP contribution in [0.4, 0.5) is 0 Å². The Morgan fingerprint density at radius 3 is 1.94 bits per heavy atom. The lowest BCUT2D eigenvalue weighted by Gasteiger charge is -2.32. The van der Waals surface area contributed by atoms with Crippen LogP contribution in [0.3, 0.4) is 0 Å². The van der Waals surface area contributed by atoms with Crippen molar-refractivity contribution in [1.29, 1.82) is 0 Å². The van der Waals surface area contributed by atoms with Crippen molar-refractivity contribution in [3.05, 3.63) is 76.4 Å². The molecule has 0 radical (unpaired) electrons. The predicted molar refractivity (Wildman–Crippen MR) is 141 cm³/mol. The van der Waals surface area contributed by atoms with E-state index in [9.17, 15) is 9.59 Å². The van der Waals surface area contributed by atoms with E-state index in [2.05, 4.69) is 66.0 Å². The second kappa shape index (κ2) is 10.6. The zero-order chi connectivity index (χ0) is 23.6. The summed E-state index contributed by atoms with van der Waals surface area (Å²) in [4.78, 5) is 26.9. The zero-order valence-electron chi connectivity index (χ0n) is 20.1. The molecule has 1 saturated heterocycles. The number of nitrogens with one attached hydrogen (secondary N) is 1. The Balaban J connectivity index is 0.00000324. The highest BCUT2D eigenvalue weighted by Crippen LogP contribution is 2.38. The number of carbonyl (C=O) groups is 2. The molecule has 1 heterocycles. The second-order valence-electron chi connectivity index (χ2n) is 9.88. The second-order valence-corrected chi connectivity index (χ2v) is 9.88. The number of amides is 2. The summed E-state index contributed by atoms with van der Waals surface area (Å²) in [7, 11) is 0. The molecule has 0 aromatic heterocycles. The third kappa shape index (κ3) is 5.43. The Bertz CT molecular complexity index is 1070. The van der Waals surface area contributed by atoms with Gasteiger partial charge in [-0.25, -0.2) is 0 Å². The normalized spacial score (nSPS) is 16.1. The van der Waals surface area contributed by atoms with Crippen LogP contribution in [0.5, 0.6) is 0 Å². The molecule has 2 aromatic carbocycles. The highest BCUT2D eigenvalue weighted by Gasteiger charge is 2.28. The molecule has 1 fully saturated rings. The molecule has 180 valence electrons. The van der Waals surface area contributed by atoms with Gasteiger partial charge >= 0.3 is 0 Å². The number of fused-ring (bicyclic) bond motifs is 2. The number of hydrogen-bond donors (Lipinski definition) is 2. The fraction of sp³-hybridized carbons (Fsp3) is 0.357. The van der Waals surface area contributed by atoms with Crippen molar-refractivity contribution in [2.24, 2.45) is 11.1 Å². The molecule has 6 heteroatoms. The first-order chi connectivity index (χ1) is 15.8. The molecule has 1 aliphatic heterocycles. The molecule has 2 aliphatic rings. The van der Waals surface area contributed by atoms with Crippen molar-refractivity contribution >= 4 is 41.9 Å². The van der Waals surface area contributed by atoms with Crippen LogP contribution >= 0.6 is 12.4 Å². The van der Waals surface area contributed by atoms with Gasteiger partial charge in [-0.2, -0.15) is 0 Å². The lowest BCUT2D eigenvalue weighted by Crippen LogP contribution is -2.52. The molecular weight excluding hydrogens is 446 g/mol. The Labute approximate surface area is 208 Å². The number of rotatable bonds is 3. The average Bonchev–Trinajstić information content (AvgIpc) is 2.98. The lowest BCUT2D eigenvalue weighted by molar-refractivity contribution is -0.133. The van der Waals surface area contributed by atoms with E-state index >= 15 is 0 Å². The maximum absolute atomic E-state index is 12.9. The largest absolute Gasteiger partial charge is 0.354 e. The fourth-order valence-electron chi connectivity index (χ4n) is 4.48. The molecule has 1 atom stereocenters. The van der Waals surface area contributed by atoms with E-state index in [0.29, 0.717) is 13.1 Å². The van der Waals surface area contributed by atoms with Crippen molar-refractivity contribution in [3.8, 4) is 0 Å². The topological polar surface area (TPSA) is 75.4 Å². The number of nitrogens with zero attached hydrogens (tertiary/aromatic N) is 1. The van der Waals surface area contributed by atoms with Crippen molar-refractivity contribution in [2.75, 3.05) is 19.6 Å². The maximum Gasteiger partial charge on any atom is 0.241 e. The van der Waals surface area contributed by atoms with Gasteiger partial charge in [0.1, 0.15) is 6.04 Å². The summed E-state index contributed by atoms with van der Waals surface area (Å²) >= 11 is 0. The highest BCUT2D eigenvalue weighted by atomic mass is 35.5. The summed E-state index contributed by atoms with van der Waals surface area (Å²) in [6.45, 7) is 6.95. The van der Waals surface area contributed by atoms with Crippen LogP contribution in [-0.4, -0.2) is 42.4 Å². The number of hydrogen-bond acceptors (Lipinski definition) is 3. The van der Waals surface area contributed by atoms with Crippen LogP contribution in [-0.2, 0) is 9.59 Å². The number of carbonyl (C=O) groups excluding carboxylic acids is 2. The molecule has 34 heavy (non-hydrogen) atoms. The van der Waals surface area contributed by atoms with E-state index in [0.717, 1.165) is 12.8 Å². The van der Waals surface area contributed by atoms with Gasteiger partial charge in [0.05, 0.1) is 0 Å². The molecule has 0 unspecified atom stereocenters. The van der Waals surface area contributed by atoms with Crippen molar-refractivity contribution in [1.82, 2.24) is 10.2 Å². The van der Waals surface area contributed by atoms with Crippen LogP contribution in [0.15, 0.2) is 54.1 Å². The molecular formula is C28H34ClN3O2. The van der Waals surface area contributed by atoms with Crippen LogP contribution in [0.1, 0.15) is 55.9 Å². The number of piperidine rings is 1. The van der Waals surface area contributed by atoms with Gasteiger partial charge < -0.3 is 16.0 Å². The lowest BCUT2D eigenvalue weighted by atomic mass is 9.86. The average molecular weight is 480 g/mol. The Hall–Kier alpha value is -2.89. The van der Waals surface area contributed by atoms with Crippen molar-refractivity contribution in [3.63, 3.8) is 0 Å². The van der Waals surface area contributed by atoms with E-state index in [1.165, 1.54) is 33.4 Å². The predicted octanol–water partition coefficient (Wildman–Crippen LogP) is 4.51. The SMILES string of the molecule is CC(C)(C)C(=O)NC[C@H](N)C(=O)N1CCC(=C2c3ccccc3C=Cc3ccccc32)CC1.Cl. The molecule has 5 nitrogen and oxygen atoms in total. The van der Waals surface area contributed by atoms with Crippen LogP contribution in [0.25, 0.3) is 17.7 Å². The standard InChI is InChI=1S/C28H33N3O2.ClH/c1-28(2,3)27(33)30-18-24(29)26(32)31-16-14-21(15-17-31)25-22-10-6-4-8-19(22)12-13-20-9-5-7-11-23(20)25;/h4-13,24H,14-18,29H2,1-3H3,(H,30,33);1H/t24-;/m0./s1. The van der Waals surface area contributed by atoms with Gasteiger partial charge in [-0.15, -0.1) is 12.4 Å². The van der Waals surface area contributed by atoms with Crippen molar-refractivity contribution in [2.45, 2.75) is 39.7 Å². The van der Waals surface area contributed by atoms with E-state index in [-0.39, 0.29) is 30.8 Å².